The summed E-state index contributed by atoms with van der Waals surface area (Å²) < 4.78 is 0. The molecule has 1 aliphatic rings. The number of carbonyl (C=O) groups is 3. The van der Waals surface area contributed by atoms with Gasteiger partial charge in [-0.05, 0) is 25.0 Å². The Labute approximate surface area is 167 Å². The van der Waals surface area contributed by atoms with Crippen LogP contribution in [0.3, 0.4) is 0 Å². The monoisotopic (exact) mass is 399 g/mol. The van der Waals surface area contributed by atoms with Gasteiger partial charge in [-0.1, -0.05) is 0 Å². The van der Waals surface area contributed by atoms with Crippen LogP contribution >= 0.6 is 0 Å². The maximum atomic E-state index is 12.7. The van der Waals surface area contributed by atoms with E-state index in [1.165, 1.54) is 9.80 Å². The molecular weight excluding hydrogens is 374 g/mol. The van der Waals surface area contributed by atoms with Crippen LogP contribution in [0.2, 0.25) is 0 Å². The molecule has 154 valence electrons. The predicted molar refractivity (Wildman–Crippen MR) is 109 cm³/mol. The second kappa shape index (κ2) is 8.21. The summed E-state index contributed by atoms with van der Waals surface area (Å²) in [6.45, 7) is 0.328. The SMILES string of the molecule is CN(CCC(=N)N)C(=O)c1cc(N(C)C(=O)c2cc(NC(=O)C3CC3)c[nH]2)c[nH]1. The number of amidine groups is 1. The molecule has 0 aromatic carbocycles. The highest BCUT2D eigenvalue weighted by atomic mass is 16.2. The summed E-state index contributed by atoms with van der Waals surface area (Å²) in [6, 6.07) is 3.18. The average Bonchev–Trinajstić information content (AvgIpc) is 3.25. The Balaban J connectivity index is 1.63. The topological polar surface area (TPSA) is 151 Å². The second-order valence-corrected chi connectivity index (χ2v) is 7.20. The number of H-pyrrole nitrogens is 2. The predicted octanol–water partition coefficient (Wildman–Crippen LogP) is 1.37. The molecule has 10 nitrogen and oxygen atoms in total. The maximum absolute atomic E-state index is 12.7. The van der Waals surface area contributed by atoms with E-state index in [4.69, 9.17) is 11.1 Å². The zero-order valence-electron chi connectivity index (χ0n) is 16.4. The van der Waals surface area contributed by atoms with E-state index in [9.17, 15) is 14.4 Å². The van der Waals surface area contributed by atoms with Crippen LogP contribution in [-0.2, 0) is 4.79 Å². The number of aromatic nitrogens is 2. The average molecular weight is 399 g/mol. The van der Waals surface area contributed by atoms with Gasteiger partial charge in [-0.2, -0.15) is 0 Å². The number of hydrogen-bond acceptors (Lipinski definition) is 4. The zero-order valence-corrected chi connectivity index (χ0v) is 16.4. The molecule has 1 fully saturated rings. The molecule has 0 bridgehead atoms. The van der Waals surface area contributed by atoms with Gasteiger partial charge in [0.25, 0.3) is 11.8 Å². The van der Waals surface area contributed by atoms with Crippen molar-refractivity contribution in [2.75, 3.05) is 30.9 Å². The Hall–Kier alpha value is -3.56. The number of rotatable bonds is 8. The van der Waals surface area contributed by atoms with E-state index < -0.39 is 0 Å². The summed E-state index contributed by atoms with van der Waals surface area (Å²) in [5.74, 6) is -0.501. The maximum Gasteiger partial charge on any atom is 0.274 e. The molecule has 6 N–H and O–H groups in total. The Morgan fingerprint density at radius 2 is 1.79 bits per heavy atom. The fourth-order valence-corrected chi connectivity index (χ4v) is 2.77. The van der Waals surface area contributed by atoms with Crippen LogP contribution in [0.25, 0.3) is 0 Å². The molecule has 0 radical (unpaired) electrons. The number of carbonyl (C=O) groups excluding carboxylic acids is 3. The third-order valence-electron chi connectivity index (χ3n) is 4.78. The molecule has 1 saturated carbocycles. The fraction of sp³-hybridized carbons (Fsp3) is 0.368. The lowest BCUT2D eigenvalue weighted by molar-refractivity contribution is -0.117. The van der Waals surface area contributed by atoms with Gasteiger partial charge in [0.2, 0.25) is 5.91 Å². The molecular formula is C19H25N7O3. The van der Waals surface area contributed by atoms with Crippen molar-refractivity contribution in [1.29, 1.82) is 5.41 Å². The van der Waals surface area contributed by atoms with Gasteiger partial charge in [-0.15, -0.1) is 0 Å². The van der Waals surface area contributed by atoms with E-state index in [1.807, 2.05) is 0 Å². The molecule has 0 unspecified atom stereocenters. The number of aromatic amines is 2. The molecule has 0 saturated heterocycles. The quantitative estimate of drug-likeness (QED) is 0.336. The smallest absolute Gasteiger partial charge is 0.274 e. The summed E-state index contributed by atoms with van der Waals surface area (Å²) in [5.41, 5.74) is 7.05. The highest BCUT2D eigenvalue weighted by Gasteiger charge is 2.30. The Bertz CT molecular complexity index is 941. The van der Waals surface area contributed by atoms with Gasteiger partial charge in [0.1, 0.15) is 11.4 Å². The molecule has 3 rings (SSSR count). The van der Waals surface area contributed by atoms with Gasteiger partial charge in [-0.25, -0.2) is 0 Å². The normalized spacial score (nSPS) is 13.0. The summed E-state index contributed by atoms with van der Waals surface area (Å²) in [4.78, 5) is 45.6. The molecule has 0 spiro atoms. The number of nitrogens with two attached hydrogens (primary N) is 1. The number of hydrogen-bond donors (Lipinski definition) is 5. The van der Waals surface area contributed by atoms with Gasteiger partial charge in [-0.3, -0.25) is 19.8 Å². The van der Waals surface area contributed by atoms with Crippen molar-refractivity contribution in [1.82, 2.24) is 14.9 Å². The van der Waals surface area contributed by atoms with Crippen molar-refractivity contribution >= 4 is 34.9 Å². The van der Waals surface area contributed by atoms with Crippen LogP contribution in [0.15, 0.2) is 24.5 Å². The number of nitrogens with one attached hydrogen (secondary N) is 4. The van der Waals surface area contributed by atoms with Crippen LogP contribution in [0, 0.1) is 11.3 Å². The lowest BCUT2D eigenvalue weighted by atomic mass is 10.3. The summed E-state index contributed by atoms with van der Waals surface area (Å²) in [6.07, 6.45) is 5.26. The van der Waals surface area contributed by atoms with Crippen molar-refractivity contribution in [2.24, 2.45) is 11.7 Å². The van der Waals surface area contributed by atoms with Gasteiger partial charge in [0.05, 0.1) is 17.2 Å². The van der Waals surface area contributed by atoms with E-state index >= 15 is 0 Å². The van der Waals surface area contributed by atoms with Crippen LogP contribution < -0.4 is 16.0 Å². The number of amides is 3. The zero-order chi connectivity index (χ0) is 21.1. The van der Waals surface area contributed by atoms with Crippen LogP contribution in [-0.4, -0.2) is 59.1 Å². The lowest BCUT2D eigenvalue weighted by Crippen LogP contribution is -2.30. The second-order valence-electron chi connectivity index (χ2n) is 7.20. The highest BCUT2D eigenvalue weighted by Crippen LogP contribution is 2.30. The van der Waals surface area contributed by atoms with Crippen LogP contribution in [0.4, 0.5) is 11.4 Å². The lowest BCUT2D eigenvalue weighted by Gasteiger charge is -2.16. The van der Waals surface area contributed by atoms with Crippen LogP contribution in [0.1, 0.15) is 40.2 Å². The molecule has 10 heteroatoms. The minimum absolute atomic E-state index is 0.0146. The molecule has 0 aliphatic heterocycles. The van der Waals surface area contributed by atoms with Crippen molar-refractivity contribution < 1.29 is 14.4 Å². The van der Waals surface area contributed by atoms with Gasteiger partial charge >= 0.3 is 0 Å². The van der Waals surface area contributed by atoms with E-state index in [2.05, 4.69) is 15.3 Å². The van der Waals surface area contributed by atoms with Crippen LogP contribution in [0.5, 0.6) is 0 Å². The van der Waals surface area contributed by atoms with Gasteiger partial charge in [0.15, 0.2) is 0 Å². The first-order chi connectivity index (χ1) is 13.8. The minimum Gasteiger partial charge on any atom is -0.388 e. The summed E-state index contributed by atoms with van der Waals surface area (Å²) in [7, 11) is 3.22. The first-order valence-corrected chi connectivity index (χ1v) is 9.30. The van der Waals surface area contributed by atoms with Gasteiger partial charge < -0.3 is 30.8 Å². The third kappa shape index (κ3) is 4.84. The molecule has 0 atom stereocenters. The Kier molecular flexibility index (Phi) is 5.71. The molecule has 1 aliphatic carbocycles. The van der Waals surface area contributed by atoms with Crippen molar-refractivity contribution in [3.05, 3.63) is 35.9 Å². The molecule has 2 aromatic heterocycles. The first kappa shape index (κ1) is 20.2. The van der Waals surface area contributed by atoms with Crippen molar-refractivity contribution in [3.63, 3.8) is 0 Å². The van der Waals surface area contributed by atoms with E-state index in [0.717, 1.165) is 12.8 Å². The largest absolute Gasteiger partial charge is 0.388 e. The summed E-state index contributed by atoms with van der Waals surface area (Å²) >= 11 is 0. The molecule has 2 aromatic rings. The minimum atomic E-state index is -0.306. The summed E-state index contributed by atoms with van der Waals surface area (Å²) in [5, 5.41) is 10.0. The van der Waals surface area contributed by atoms with Gasteiger partial charge in [0, 0.05) is 45.4 Å². The Morgan fingerprint density at radius 1 is 1.14 bits per heavy atom. The molecule has 29 heavy (non-hydrogen) atoms. The number of anilines is 2. The molecule has 3 amide bonds. The number of nitrogens with zero attached hydrogens (tertiary/aromatic N) is 2. The third-order valence-corrected chi connectivity index (χ3v) is 4.78. The van der Waals surface area contributed by atoms with E-state index in [1.54, 1.807) is 38.6 Å². The molecule has 2 heterocycles. The highest BCUT2D eigenvalue weighted by molar-refractivity contribution is 6.06. The van der Waals surface area contributed by atoms with E-state index in [0.29, 0.717) is 35.7 Å². The van der Waals surface area contributed by atoms with Crippen molar-refractivity contribution in [3.8, 4) is 0 Å². The standard InChI is InChI=1S/C19H25N7O3/c1-25(6-5-16(20)21)18(28)15-8-13(10-23-15)26(2)19(29)14-7-12(9-22-14)24-17(27)11-3-4-11/h7-11,22-23H,3-6H2,1-2H3,(H3,20,21)(H,24,27). The fourth-order valence-electron chi connectivity index (χ4n) is 2.77. The van der Waals surface area contributed by atoms with E-state index in [-0.39, 0.29) is 29.5 Å². The Morgan fingerprint density at radius 3 is 2.45 bits per heavy atom. The first-order valence-electron chi connectivity index (χ1n) is 9.30. The van der Waals surface area contributed by atoms with Crippen molar-refractivity contribution in [2.45, 2.75) is 19.3 Å².